The van der Waals surface area contributed by atoms with Crippen molar-refractivity contribution >= 4 is 40.9 Å². The van der Waals surface area contributed by atoms with Crippen LogP contribution in [-0.4, -0.2) is 33.4 Å². The zero-order valence-corrected chi connectivity index (χ0v) is 14.4. The van der Waals surface area contributed by atoms with E-state index in [0.29, 0.717) is 16.8 Å². The van der Waals surface area contributed by atoms with Gasteiger partial charge in [-0.25, -0.2) is 0 Å². The average Bonchev–Trinajstić information content (AvgIpc) is 3.25. The van der Waals surface area contributed by atoms with Gasteiger partial charge in [-0.2, -0.15) is 5.10 Å². The van der Waals surface area contributed by atoms with Crippen molar-refractivity contribution in [2.24, 2.45) is 0 Å². The molecule has 0 atom stereocenters. The summed E-state index contributed by atoms with van der Waals surface area (Å²) >= 11 is 7.43. The molecule has 0 spiro atoms. The van der Waals surface area contributed by atoms with Crippen LogP contribution in [0.1, 0.15) is 12.8 Å². The lowest BCUT2D eigenvalue weighted by Gasteiger charge is -2.04. The first kappa shape index (κ1) is 16.9. The van der Waals surface area contributed by atoms with Gasteiger partial charge in [0, 0.05) is 17.1 Å². The molecule has 0 radical (unpaired) electrons. The van der Waals surface area contributed by atoms with Crippen LogP contribution in [-0.2, 0) is 16.1 Å². The fourth-order valence-corrected chi connectivity index (χ4v) is 3.10. The Balaban J connectivity index is 1.46. The van der Waals surface area contributed by atoms with Crippen LogP contribution in [0.2, 0.25) is 5.02 Å². The number of aromatic nitrogens is 2. The molecule has 126 valence electrons. The van der Waals surface area contributed by atoms with Gasteiger partial charge in [-0.1, -0.05) is 23.7 Å². The third-order valence-electron chi connectivity index (χ3n) is 3.36. The Morgan fingerprint density at radius 1 is 1.29 bits per heavy atom. The van der Waals surface area contributed by atoms with Crippen LogP contribution in [0, 0.1) is 0 Å². The Kier molecular flexibility index (Phi) is 5.42. The minimum atomic E-state index is -0.151. The van der Waals surface area contributed by atoms with E-state index < -0.39 is 0 Å². The zero-order valence-electron chi connectivity index (χ0n) is 12.9. The van der Waals surface area contributed by atoms with Gasteiger partial charge >= 0.3 is 0 Å². The summed E-state index contributed by atoms with van der Waals surface area (Å²) in [6.07, 6.45) is 5.28. The molecule has 0 bridgehead atoms. The van der Waals surface area contributed by atoms with Crippen LogP contribution >= 0.6 is 23.4 Å². The summed E-state index contributed by atoms with van der Waals surface area (Å²) in [6, 6.07) is 7.72. The maximum absolute atomic E-state index is 12.0. The Hall–Kier alpha value is -1.99. The number of anilines is 1. The lowest BCUT2D eigenvalue weighted by atomic mass is 10.4. The molecule has 1 aliphatic carbocycles. The number of benzene rings is 1. The maximum Gasteiger partial charge on any atom is 0.241 e. The molecule has 1 fully saturated rings. The molecule has 0 saturated heterocycles. The summed E-state index contributed by atoms with van der Waals surface area (Å²) < 4.78 is 1.51. The number of amides is 2. The lowest BCUT2D eigenvalue weighted by molar-refractivity contribution is -0.122. The molecule has 1 aromatic carbocycles. The highest BCUT2D eigenvalue weighted by Gasteiger charge is 2.23. The number of carbonyl (C=O) groups excluding carboxylic acids is 2. The fourth-order valence-electron chi connectivity index (χ4n) is 2.06. The van der Waals surface area contributed by atoms with Gasteiger partial charge in [0.25, 0.3) is 0 Å². The smallest absolute Gasteiger partial charge is 0.241 e. The number of rotatable bonds is 7. The SMILES string of the molecule is O=C(CSc1ccccc1Cl)Nc1cnn(CC(=O)NC2CC2)c1. The average molecular weight is 365 g/mol. The predicted molar refractivity (Wildman–Crippen MR) is 94.2 cm³/mol. The topological polar surface area (TPSA) is 76.0 Å². The first-order valence-corrected chi connectivity index (χ1v) is 8.95. The van der Waals surface area contributed by atoms with E-state index in [1.807, 2.05) is 18.2 Å². The van der Waals surface area contributed by atoms with Crippen molar-refractivity contribution in [2.45, 2.75) is 30.3 Å². The summed E-state index contributed by atoms with van der Waals surface area (Å²) in [4.78, 5) is 24.6. The monoisotopic (exact) mass is 364 g/mol. The van der Waals surface area contributed by atoms with Crippen molar-refractivity contribution in [1.82, 2.24) is 15.1 Å². The van der Waals surface area contributed by atoms with Crippen molar-refractivity contribution in [3.63, 3.8) is 0 Å². The highest BCUT2D eigenvalue weighted by molar-refractivity contribution is 8.00. The second kappa shape index (κ2) is 7.72. The number of hydrogen-bond acceptors (Lipinski definition) is 4. The van der Waals surface area contributed by atoms with Crippen LogP contribution in [0.4, 0.5) is 5.69 Å². The van der Waals surface area contributed by atoms with Gasteiger partial charge < -0.3 is 10.6 Å². The third kappa shape index (κ3) is 5.01. The third-order valence-corrected chi connectivity index (χ3v) is 4.88. The molecule has 2 aromatic rings. The number of nitrogens with zero attached hydrogens (tertiary/aromatic N) is 2. The maximum atomic E-state index is 12.0. The number of hydrogen-bond donors (Lipinski definition) is 2. The first-order chi connectivity index (χ1) is 11.6. The summed E-state index contributed by atoms with van der Waals surface area (Å²) in [5, 5.41) is 10.4. The largest absolute Gasteiger partial charge is 0.352 e. The molecular formula is C16H17ClN4O2S. The molecule has 2 N–H and O–H groups in total. The minimum absolute atomic E-state index is 0.0623. The molecule has 0 unspecified atom stereocenters. The van der Waals surface area contributed by atoms with E-state index in [4.69, 9.17) is 11.6 Å². The predicted octanol–water partition coefficient (Wildman–Crippen LogP) is 2.55. The summed E-state index contributed by atoms with van der Waals surface area (Å²) in [6.45, 7) is 0.154. The second-order valence-corrected chi connectivity index (χ2v) is 6.96. The minimum Gasteiger partial charge on any atom is -0.352 e. The van der Waals surface area contributed by atoms with Crippen LogP contribution < -0.4 is 10.6 Å². The lowest BCUT2D eigenvalue weighted by Crippen LogP contribution is -2.29. The number of halogens is 1. The summed E-state index contributed by atoms with van der Waals surface area (Å²) in [7, 11) is 0. The molecule has 1 heterocycles. The van der Waals surface area contributed by atoms with Crippen molar-refractivity contribution in [3.05, 3.63) is 41.7 Å². The molecule has 24 heavy (non-hydrogen) atoms. The Bertz CT molecular complexity index is 745. The Morgan fingerprint density at radius 3 is 2.83 bits per heavy atom. The number of thioether (sulfide) groups is 1. The van der Waals surface area contributed by atoms with Gasteiger partial charge in [-0.15, -0.1) is 11.8 Å². The van der Waals surface area contributed by atoms with Crippen molar-refractivity contribution in [2.75, 3.05) is 11.1 Å². The van der Waals surface area contributed by atoms with Gasteiger partial charge in [0.05, 0.1) is 22.7 Å². The molecule has 6 nitrogen and oxygen atoms in total. The van der Waals surface area contributed by atoms with Crippen molar-refractivity contribution in [1.29, 1.82) is 0 Å². The van der Waals surface area contributed by atoms with Crippen LogP contribution in [0.5, 0.6) is 0 Å². The first-order valence-electron chi connectivity index (χ1n) is 7.59. The highest BCUT2D eigenvalue weighted by atomic mass is 35.5. The van der Waals surface area contributed by atoms with Crippen LogP contribution in [0.25, 0.3) is 0 Å². The van der Waals surface area contributed by atoms with E-state index in [1.165, 1.54) is 22.6 Å². The van der Waals surface area contributed by atoms with E-state index in [1.54, 1.807) is 12.3 Å². The van der Waals surface area contributed by atoms with Crippen molar-refractivity contribution < 1.29 is 9.59 Å². The van der Waals surface area contributed by atoms with E-state index in [0.717, 1.165) is 17.7 Å². The normalized spacial score (nSPS) is 13.5. The van der Waals surface area contributed by atoms with E-state index >= 15 is 0 Å². The number of carbonyl (C=O) groups is 2. The molecule has 0 aliphatic heterocycles. The molecular weight excluding hydrogens is 348 g/mol. The Morgan fingerprint density at radius 2 is 2.08 bits per heavy atom. The van der Waals surface area contributed by atoms with Gasteiger partial charge in [-0.3, -0.25) is 14.3 Å². The van der Waals surface area contributed by atoms with Gasteiger partial charge in [-0.05, 0) is 25.0 Å². The standard InChI is InChI=1S/C16H17ClN4O2S/c17-13-3-1-2-4-14(13)24-10-16(23)20-12-7-18-21(8-12)9-15(22)19-11-5-6-11/h1-4,7-8,11H,5-6,9-10H2,(H,19,22)(H,20,23). The zero-order chi connectivity index (χ0) is 16.9. The summed E-state index contributed by atoms with van der Waals surface area (Å²) in [5.74, 6) is 0.0338. The van der Waals surface area contributed by atoms with E-state index in [9.17, 15) is 9.59 Å². The van der Waals surface area contributed by atoms with E-state index in [2.05, 4.69) is 15.7 Å². The Labute approximate surface area is 148 Å². The number of nitrogens with one attached hydrogen (secondary N) is 2. The van der Waals surface area contributed by atoms with Gasteiger partial charge in [0.2, 0.25) is 11.8 Å². The summed E-state index contributed by atoms with van der Waals surface area (Å²) in [5.41, 5.74) is 0.569. The van der Waals surface area contributed by atoms with Crippen molar-refractivity contribution in [3.8, 4) is 0 Å². The van der Waals surface area contributed by atoms with Gasteiger partial charge in [0.15, 0.2) is 0 Å². The molecule has 1 aliphatic rings. The molecule has 2 amide bonds. The van der Waals surface area contributed by atoms with Crippen LogP contribution in [0.3, 0.4) is 0 Å². The fraction of sp³-hybridized carbons (Fsp3) is 0.312. The molecule has 1 saturated carbocycles. The highest BCUT2D eigenvalue weighted by Crippen LogP contribution is 2.26. The second-order valence-electron chi connectivity index (χ2n) is 5.54. The molecule has 3 rings (SSSR count). The quantitative estimate of drug-likeness (QED) is 0.740. The molecule has 1 aromatic heterocycles. The van der Waals surface area contributed by atoms with Crippen LogP contribution in [0.15, 0.2) is 41.6 Å². The van der Waals surface area contributed by atoms with E-state index in [-0.39, 0.29) is 24.1 Å². The van der Waals surface area contributed by atoms with Gasteiger partial charge in [0.1, 0.15) is 6.54 Å². The molecule has 8 heteroatoms.